The van der Waals surface area contributed by atoms with Gasteiger partial charge < -0.3 is 10.2 Å². The average molecular weight is 226 g/mol. The van der Waals surface area contributed by atoms with E-state index in [1.165, 1.54) is 17.5 Å². The number of carboxylic acids is 1. The minimum atomic E-state index is -1.42. The Hall–Kier alpha value is -1.89. The SMILES string of the molecule is Cc1cn2c(=O)c(O)c(C(=O)O)nc2s1. The van der Waals surface area contributed by atoms with Crippen molar-refractivity contribution in [3.05, 3.63) is 27.1 Å². The third-order valence-corrected chi connectivity index (χ3v) is 2.72. The van der Waals surface area contributed by atoms with Crippen LogP contribution in [0, 0.1) is 6.92 Å². The Morgan fingerprint density at radius 2 is 2.27 bits per heavy atom. The zero-order chi connectivity index (χ0) is 11.2. The van der Waals surface area contributed by atoms with E-state index in [2.05, 4.69) is 4.98 Å². The molecule has 0 saturated heterocycles. The summed E-state index contributed by atoms with van der Waals surface area (Å²) in [6.45, 7) is 1.76. The van der Waals surface area contributed by atoms with Gasteiger partial charge in [0.1, 0.15) is 0 Å². The third-order valence-electron chi connectivity index (χ3n) is 1.82. The van der Waals surface area contributed by atoms with Gasteiger partial charge in [-0.25, -0.2) is 9.78 Å². The normalized spacial score (nSPS) is 10.7. The fraction of sp³-hybridized carbons (Fsp3) is 0.125. The molecule has 0 bridgehead atoms. The lowest BCUT2D eigenvalue weighted by atomic mass is 10.4. The van der Waals surface area contributed by atoms with E-state index in [1.54, 1.807) is 6.92 Å². The standard InChI is InChI=1S/C8H6N2O4S/c1-3-2-10-6(12)5(11)4(7(13)14)9-8(10)15-3/h2,11H,1H3,(H,13,14). The van der Waals surface area contributed by atoms with Crippen molar-refractivity contribution in [2.75, 3.05) is 0 Å². The van der Waals surface area contributed by atoms with Crippen LogP contribution in [0.4, 0.5) is 0 Å². The van der Waals surface area contributed by atoms with Crippen LogP contribution < -0.4 is 5.56 Å². The van der Waals surface area contributed by atoms with E-state index in [0.29, 0.717) is 0 Å². The molecule has 2 N–H and O–H groups in total. The second-order valence-corrected chi connectivity index (χ2v) is 4.13. The molecule has 0 radical (unpaired) electrons. The number of aromatic carboxylic acids is 1. The summed E-state index contributed by atoms with van der Waals surface area (Å²) in [5.74, 6) is -2.25. The minimum absolute atomic E-state index is 0.257. The van der Waals surface area contributed by atoms with Crippen LogP contribution in [-0.2, 0) is 0 Å². The first kappa shape index (κ1) is 9.66. The molecule has 0 spiro atoms. The largest absolute Gasteiger partial charge is 0.501 e. The Morgan fingerprint density at radius 3 is 2.87 bits per heavy atom. The third kappa shape index (κ3) is 1.37. The molecule has 15 heavy (non-hydrogen) atoms. The fourth-order valence-corrected chi connectivity index (χ4v) is 2.01. The van der Waals surface area contributed by atoms with Crippen LogP contribution in [0.3, 0.4) is 0 Å². The van der Waals surface area contributed by atoms with Crippen molar-refractivity contribution in [2.24, 2.45) is 0 Å². The summed E-state index contributed by atoms with van der Waals surface area (Å²) in [4.78, 5) is 26.9. The second-order valence-electron chi connectivity index (χ2n) is 2.91. The zero-order valence-electron chi connectivity index (χ0n) is 7.59. The summed E-state index contributed by atoms with van der Waals surface area (Å²) in [5.41, 5.74) is -1.37. The molecule has 2 heterocycles. The van der Waals surface area contributed by atoms with Gasteiger partial charge in [-0.15, -0.1) is 11.3 Å². The number of aryl methyl sites for hydroxylation is 1. The van der Waals surface area contributed by atoms with Gasteiger partial charge in [-0.3, -0.25) is 9.20 Å². The number of carbonyl (C=O) groups is 1. The minimum Gasteiger partial charge on any atom is -0.501 e. The van der Waals surface area contributed by atoms with Gasteiger partial charge in [0.25, 0.3) is 0 Å². The first-order valence-corrected chi connectivity index (χ1v) is 4.77. The van der Waals surface area contributed by atoms with Crippen molar-refractivity contribution in [3.63, 3.8) is 0 Å². The van der Waals surface area contributed by atoms with Crippen LogP contribution in [0.25, 0.3) is 4.96 Å². The zero-order valence-corrected chi connectivity index (χ0v) is 8.41. The monoisotopic (exact) mass is 226 g/mol. The molecule has 0 atom stereocenters. The van der Waals surface area contributed by atoms with Gasteiger partial charge in [-0.05, 0) is 6.92 Å². The molecule has 0 fully saturated rings. The molecule has 0 unspecified atom stereocenters. The van der Waals surface area contributed by atoms with Crippen molar-refractivity contribution in [1.82, 2.24) is 9.38 Å². The molecule has 0 aliphatic heterocycles. The molecule has 6 nitrogen and oxygen atoms in total. The van der Waals surface area contributed by atoms with Crippen molar-refractivity contribution in [3.8, 4) is 5.75 Å². The smallest absolute Gasteiger partial charge is 0.358 e. The summed E-state index contributed by atoms with van der Waals surface area (Å²) in [5, 5.41) is 18.0. The van der Waals surface area contributed by atoms with E-state index < -0.39 is 23.0 Å². The molecule has 7 heteroatoms. The number of hydrogen-bond acceptors (Lipinski definition) is 5. The van der Waals surface area contributed by atoms with E-state index in [0.717, 1.165) is 9.28 Å². The van der Waals surface area contributed by atoms with Gasteiger partial charge in [0, 0.05) is 11.1 Å². The van der Waals surface area contributed by atoms with E-state index in [9.17, 15) is 14.7 Å². The highest BCUT2D eigenvalue weighted by molar-refractivity contribution is 7.16. The van der Waals surface area contributed by atoms with E-state index >= 15 is 0 Å². The molecule has 0 saturated carbocycles. The Balaban J connectivity index is 2.94. The Labute approximate surface area is 87.1 Å². The quantitative estimate of drug-likeness (QED) is 0.737. The van der Waals surface area contributed by atoms with E-state index in [4.69, 9.17) is 5.11 Å². The molecule has 0 aliphatic rings. The van der Waals surface area contributed by atoms with Crippen LogP contribution >= 0.6 is 11.3 Å². The highest BCUT2D eigenvalue weighted by atomic mass is 32.1. The van der Waals surface area contributed by atoms with Gasteiger partial charge in [0.15, 0.2) is 10.7 Å². The number of aromatic hydroxyl groups is 1. The first-order valence-electron chi connectivity index (χ1n) is 3.96. The number of carboxylic acid groups (broad SMARTS) is 1. The highest BCUT2D eigenvalue weighted by Gasteiger charge is 2.18. The lowest BCUT2D eigenvalue weighted by molar-refractivity contribution is 0.0687. The van der Waals surface area contributed by atoms with Crippen LogP contribution in [0.1, 0.15) is 15.4 Å². The van der Waals surface area contributed by atoms with Crippen LogP contribution in [0.15, 0.2) is 11.0 Å². The van der Waals surface area contributed by atoms with E-state index in [1.807, 2.05) is 0 Å². The molecule has 0 aromatic carbocycles. The average Bonchev–Trinajstić information content (AvgIpc) is 2.52. The van der Waals surface area contributed by atoms with Crippen LogP contribution in [0.5, 0.6) is 5.75 Å². The first-order chi connectivity index (χ1) is 7.00. The molecule has 2 aromatic heterocycles. The maximum atomic E-state index is 11.5. The topological polar surface area (TPSA) is 91.9 Å². The number of nitrogens with zero attached hydrogens (tertiary/aromatic N) is 2. The summed E-state index contributed by atoms with van der Waals surface area (Å²) >= 11 is 1.18. The molecule has 2 rings (SSSR count). The Bertz CT molecular complexity index is 613. The molecular weight excluding hydrogens is 220 g/mol. The predicted molar refractivity (Wildman–Crippen MR) is 52.7 cm³/mol. The van der Waals surface area contributed by atoms with Crippen molar-refractivity contribution in [2.45, 2.75) is 6.92 Å². The van der Waals surface area contributed by atoms with Gasteiger partial charge in [0.05, 0.1) is 0 Å². The summed E-state index contributed by atoms with van der Waals surface area (Å²) in [6, 6.07) is 0. The predicted octanol–water partition coefficient (Wildman–Crippen LogP) is 0.468. The molecule has 78 valence electrons. The number of rotatable bonds is 1. The number of fused-ring (bicyclic) bond motifs is 1. The van der Waals surface area contributed by atoms with Crippen LogP contribution in [-0.4, -0.2) is 25.6 Å². The van der Waals surface area contributed by atoms with Crippen molar-refractivity contribution in [1.29, 1.82) is 0 Å². The summed E-state index contributed by atoms with van der Waals surface area (Å²) in [7, 11) is 0. The lowest BCUT2D eigenvalue weighted by Crippen LogP contribution is -2.16. The van der Waals surface area contributed by atoms with Crippen LogP contribution in [0.2, 0.25) is 0 Å². The van der Waals surface area contributed by atoms with Gasteiger partial charge in [0.2, 0.25) is 5.75 Å². The molecule has 0 aliphatic carbocycles. The number of hydrogen-bond donors (Lipinski definition) is 2. The van der Waals surface area contributed by atoms with Crippen molar-refractivity contribution >= 4 is 22.3 Å². The fourth-order valence-electron chi connectivity index (χ4n) is 1.19. The van der Waals surface area contributed by atoms with Gasteiger partial charge in [-0.1, -0.05) is 0 Å². The summed E-state index contributed by atoms with van der Waals surface area (Å²) in [6.07, 6.45) is 1.50. The number of thiazole rings is 1. The molecular formula is C8H6N2O4S. The molecule has 0 amide bonds. The lowest BCUT2D eigenvalue weighted by Gasteiger charge is -1.97. The van der Waals surface area contributed by atoms with Crippen molar-refractivity contribution < 1.29 is 15.0 Å². The maximum absolute atomic E-state index is 11.5. The molecule has 2 aromatic rings. The van der Waals surface area contributed by atoms with Gasteiger partial charge >= 0.3 is 11.5 Å². The Morgan fingerprint density at radius 1 is 1.60 bits per heavy atom. The highest BCUT2D eigenvalue weighted by Crippen LogP contribution is 2.17. The van der Waals surface area contributed by atoms with Gasteiger partial charge in [-0.2, -0.15) is 0 Å². The Kier molecular flexibility index (Phi) is 1.97. The number of aromatic nitrogens is 2. The second kappa shape index (κ2) is 3.06. The maximum Gasteiger partial charge on any atom is 0.358 e. The van der Waals surface area contributed by atoms with E-state index in [-0.39, 0.29) is 4.96 Å². The summed E-state index contributed by atoms with van der Waals surface area (Å²) < 4.78 is 1.13.